The van der Waals surface area contributed by atoms with Crippen LogP contribution in [0.15, 0.2) is 24.3 Å². The second kappa shape index (κ2) is 24.4. The van der Waals surface area contributed by atoms with Gasteiger partial charge < -0.3 is 31.5 Å². The van der Waals surface area contributed by atoms with E-state index in [0.717, 1.165) is 36.8 Å². The molecule has 0 spiro atoms. The molecule has 5 atom stereocenters. The summed E-state index contributed by atoms with van der Waals surface area (Å²) < 4.78 is 11.7. The zero-order valence-electron chi connectivity index (χ0n) is 30.1. The number of anilines is 1. The van der Waals surface area contributed by atoms with Crippen molar-refractivity contribution in [2.75, 3.05) is 35.7 Å². The Hall–Kier alpha value is -4.16. The maximum atomic E-state index is 12.7. The topological polar surface area (TPSA) is 278 Å². The molecule has 0 aromatic heterocycles. The van der Waals surface area contributed by atoms with E-state index in [0.29, 0.717) is 47.5 Å². The molecule has 2 fully saturated rings. The zero-order valence-corrected chi connectivity index (χ0v) is 33.6. The second-order valence-electron chi connectivity index (χ2n) is 13.0. The molecular formula is C34H48AsN7O11S2. The molecule has 2 aliphatic rings. The molecule has 18 nitrogen and oxygen atoms in total. The van der Waals surface area contributed by atoms with Crippen LogP contribution in [-0.4, -0.2) is 133 Å². The van der Waals surface area contributed by atoms with E-state index < -0.39 is 69.9 Å². The van der Waals surface area contributed by atoms with Crippen molar-refractivity contribution in [3.05, 3.63) is 24.3 Å². The van der Waals surface area contributed by atoms with Gasteiger partial charge in [-0.15, -0.1) is 0 Å². The van der Waals surface area contributed by atoms with Gasteiger partial charge in [-0.3, -0.25) is 19.2 Å². The summed E-state index contributed by atoms with van der Waals surface area (Å²) in [7, 11) is 0. The van der Waals surface area contributed by atoms with Gasteiger partial charge in [0.2, 0.25) is 11.8 Å². The van der Waals surface area contributed by atoms with Crippen LogP contribution in [0, 0.1) is 0 Å². The number of rotatable bonds is 26. The monoisotopic (exact) mass is 869 g/mol. The molecular weight excluding hydrogens is 821 g/mol. The molecule has 9 N–H and O–H groups in total. The molecule has 0 bridgehead atoms. The van der Waals surface area contributed by atoms with Crippen LogP contribution in [0.2, 0.25) is 0 Å². The number of amides is 7. The average molecular weight is 870 g/mol. The Balaban J connectivity index is 1.29. The van der Waals surface area contributed by atoms with E-state index in [1.165, 1.54) is 0 Å². The Kier molecular flexibility index (Phi) is 20.0. The summed E-state index contributed by atoms with van der Waals surface area (Å²) >= 11 is 1.65. The number of thioether (sulfide) groups is 2. The van der Waals surface area contributed by atoms with E-state index in [-0.39, 0.29) is 54.8 Å². The molecule has 55 heavy (non-hydrogen) atoms. The Morgan fingerprint density at radius 3 is 2.24 bits per heavy atom. The van der Waals surface area contributed by atoms with E-state index in [1.807, 2.05) is 11.8 Å². The van der Waals surface area contributed by atoms with Gasteiger partial charge in [-0.25, -0.2) is 9.59 Å². The number of fused-ring (bicyclic) bond motifs is 1. The number of hydrogen-bond donors (Lipinski definition) is 9. The van der Waals surface area contributed by atoms with Gasteiger partial charge in [0.05, 0.1) is 12.1 Å². The van der Waals surface area contributed by atoms with Crippen molar-refractivity contribution in [1.29, 1.82) is 0 Å². The van der Waals surface area contributed by atoms with Crippen LogP contribution in [0.3, 0.4) is 0 Å². The third-order valence-electron chi connectivity index (χ3n) is 8.62. The van der Waals surface area contributed by atoms with Crippen LogP contribution < -0.4 is 41.6 Å². The van der Waals surface area contributed by atoms with Crippen molar-refractivity contribution in [1.82, 2.24) is 31.9 Å². The number of carbonyl (C=O) groups is 8. The molecule has 2 heterocycles. The first-order valence-corrected chi connectivity index (χ1v) is 21.8. The molecule has 0 aliphatic carbocycles. The average Bonchev–Trinajstić information content (AvgIpc) is 3.70. The van der Waals surface area contributed by atoms with Gasteiger partial charge >= 0.3 is 144 Å². The van der Waals surface area contributed by atoms with Gasteiger partial charge in [-0.05, 0) is 32.1 Å². The number of urea groups is 1. The summed E-state index contributed by atoms with van der Waals surface area (Å²) in [6.07, 6.45) is 4.09. The molecule has 0 radical (unpaired) electrons. The molecule has 1 aromatic rings. The first-order valence-electron chi connectivity index (χ1n) is 17.9. The summed E-state index contributed by atoms with van der Waals surface area (Å²) in [5.41, 5.74) is 0.477. The van der Waals surface area contributed by atoms with E-state index in [4.69, 9.17) is 5.11 Å². The Morgan fingerprint density at radius 1 is 0.836 bits per heavy atom. The molecule has 0 saturated carbocycles. The maximum absolute atomic E-state index is 12.7. The Bertz CT molecular complexity index is 1540. The first-order chi connectivity index (χ1) is 26.3. The number of nitrogens with one attached hydrogen (secondary N) is 7. The normalized spacial score (nSPS) is 18.2. The molecule has 1 aromatic carbocycles. The van der Waals surface area contributed by atoms with Crippen molar-refractivity contribution >= 4 is 96.8 Å². The fraction of sp³-hybridized carbons (Fsp3) is 0.588. The van der Waals surface area contributed by atoms with E-state index in [9.17, 15) is 47.2 Å². The summed E-state index contributed by atoms with van der Waals surface area (Å²) in [6, 6.07) is 4.03. The number of aliphatic carboxylic acids is 2. The fourth-order valence-corrected chi connectivity index (χ4v) is 8.74. The van der Waals surface area contributed by atoms with Gasteiger partial charge in [-0.1, -0.05) is 12.8 Å². The first kappa shape index (κ1) is 45.2. The van der Waals surface area contributed by atoms with Gasteiger partial charge in [0, 0.05) is 36.8 Å². The minimum absolute atomic E-state index is 0.0457. The Morgan fingerprint density at radius 2 is 1.53 bits per heavy atom. The predicted molar refractivity (Wildman–Crippen MR) is 205 cm³/mol. The van der Waals surface area contributed by atoms with Crippen LogP contribution in [0.25, 0.3) is 0 Å². The number of carboxylic acids is 2. The van der Waals surface area contributed by atoms with Crippen molar-refractivity contribution in [3.8, 4) is 0 Å². The predicted octanol–water partition coefficient (Wildman–Crippen LogP) is -0.529. The Labute approximate surface area is 333 Å². The summed E-state index contributed by atoms with van der Waals surface area (Å²) in [5.74, 6) is -4.47. The second-order valence-corrected chi connectivity index (χ2v) is 16.7. The SMILES string of the molecule is O=[As]c1ccc(NC(=O)CSCC(NC(=O)CCC(NC(=O)CCCCCNC(=O)CCCCC2SC[C@@H]3NC(=O)N[C@H]23)C(=O)O)C(=O)NCC(=O)O)cc1. The standard InChI is InChI=1S/C34H48AsN7O11S2/c43-26(7-4-3-6-25-31-23(18-55-25)41-34(52)42-31)36-15-5-1-2-8-27(44)39-22(33(50)51)13-14-28(45)40-24(32(49)37-16-30(47)48)17-54-19-29(46)38-21-11-9-20(35-53)10-12-21/h9-12,22-25,31H,1-8,13-19H2,(H,36,43)(H,37,49)(H,38,46)(H,39,44)(H,40,45)(H,47,48)(H,50,51)(H2,41,42,52)/t22?,23-,24?,25?,31-/m0/s1. The number of carbonyl (C=O) groups excluding carboxylic acids is 6. The summed E-state index contributed by atoms with van der Waals surface area (Å²) in [4.78, 5) is 96.6. The van der Waals surface area contributed by atoms with E-state index >= 15 is 0 Å². The molecule has 3 unspecified atom stereocenters. The quantitative estimate of drug-likeness (QED) is 0.0322. The van der Waals surface area contributed by atoms with Crippen LogP contribution in [0.1, 0.15) is 64.2 Å². The van der Waals surface area contributed by atoms with Gasteiger partial charge in [0.1, 0.15) is 12.6 Å². The number of hydrogen-bond acceptors (Lipinski definition) is 11. The number of benzene rings is 1. The van der Waals surface area contributed by atoms with Crippen LogP contribution >= 0.6 is 23.5 Å². The zero-order chi connectivity index (χ0) is 40.2. The van der Waals surface area contributed by atoms with Crippen molar-refractivity contribution < 1.29 is 52.3 Å². The molecule has 3 rings (SSSR count). The summed E-state index contributed by atoms with van der Waals surface area (Å²) in [5, 5.41) is 37.3. The fourth-order valence-electron chi connectivity index (χ4n) is 5.78. The molecule has 2 aliphatic heterocycles. The third-order valence-corrected chi connectivity index (χ3v) is 12.2. The summed E-state index contributed by atoms with van der Waals surface area (Å²) in [6.45, 7) is -0.253. The van der Waals surface area contributed by atoms with Crippen molar-refractivity contribution in [2.45, 2.75) is 93.6 Å². The molecule has 21 heteroatoms. The van der Waals surface area contributed by atoms with Gasteiger partial charge in [-0.2, -0.15) is 11.8 Å². The minimum atomic E-state index is -1.37. The van der Waals surface area contributed by atoms with Crippen molar-refractivity contribution in [3.63, 3.8) is 0 Å². The molecule has 302 valence electrons. The van der Waals surface area contributed by atoms with Crippen LogP contribution in [-0.2, 0) is 37.3 Å². The van der Waals surface area contributed by atoms with E-state index in [1.54, 1.807) is 24.3 Å². The molecule has 2 saturated heterocycles. The van der Waals surface area contributed by atoms with Gasteiger partial charge in [0.25, 0.3) is 0 Å². The molecule has 7 amide bonds. The van der Waals surface area contributed by atoms with Crippen LogP contribution in [0.5, 0.6) is 0 Å². The number of carboxylic acid groups (broad SMARTS) is 2. The van der Waals surface area contributed by atoms with Crippen LogP contribution in [0.4, 0.5) is 10.5 Å². The van der Waals surface area contributed by atoms with Crippen molar-refractivity contribution in [2.24, 2.45) is 0 Å². The number of unbranched alkanes of at least 4 members (excludes halogenated alkanes) is 3. The van der Waals surface area contributed by atoms with Gasteiger partial charge in [0.15, 0.2) is 0 Å². The third kappa shape index (κ3) is 17.5. The van der Waals surface area contributed by atoms with E-state index in [2.05, 4.69) is 37.2 Å².